The van der Waals surface area contributed by atoms with Gasteiger partial charge in [-0.3, -0.25) is 4.79 Å². The number of unbranched alkanes of at least 4 members (excludes halogenated alkanes) is 1. The molecule has 0 unspecified atom stereocenters. The Kier molecular flexibility index (Phi) is 6.14. The average Bonchev–Trinajstić information content (AvgIpc) is 2.79. The Bertz CT molecular complexity index is 959. The van der Waals surface area contributed by atoms with E-state index in [-0.39, 0.29) is 5.91 Å². The number of rotatable bonds is 6. The summed E-state index contributed by atoms with van der Waals surface area (Å²) >= 11 is 0. The Labute approximate surface area is 173 Å². The van der Waals surface area contributed by atoms with E-state index in [9.17, 15) is 4.79 Å². The number of hydrogen-bond acceptors (Lipinski definition) is 2. The number of nitrogens with one attached hydrogen (secondary N) is 1. The molecule has 1 saturated heterocycles. The van der Waals surface area contributed by atoms with Gasteiger partial charge in [-0.1, -0.05) is 67.9 Å². The second-order valence-corrected chi connectivity index (χ2v) is 8.00. The smallest absolute Gasteiger partial charge is 0.251 e. The molecule has 1 aliphatic rings. The van der Waals surface area contributed by atoms with Gasteiger partial charge in [0.1, 0.15) is 0 Å². The van der Waals surface area contributed by atoms with E-state index in [1.54, 1.807) is 0 Å². The molecule has 1 amide bonds. The highest BCUT2D eigenvalue weighted by Gasteiger charge is 2.22. The molecule has 1 heterocycles. The number of amides is 1. The Morgan fingerprint density at radius 2 is 1.72 bits per heavy atom. The zero-order chi connectivity index (χ0) is 20.1. The van der Waals surface area contributed by atoms with Crippen LogP contribution in [0.1, 0.15) is 54.4 Å². The molecule has 0 spiro atoms. The molecule has 29 heavy (non-hydrogen) atoms. The van der Waals surface area contributed by atoms with Gasteiger partial charge in [-0.05, 0) is 48.3 Å². The van der Waals surface area contributed by atoms with Crippen LogP contribution in [-0.2, 0) is 0 Å². The van der Waals surface area contributed by atoms with Gasteiger partial charge in [0, 0.05) is 36.3 Å². The van der Waals surface area contributed by atoms with Crippen molar-refractivity contribution in [2.24, 2.45) is 0 Å². The van der Waals surface area contributed by atoms with Gasteiger partial charge >= 0.3 is 0 Å². The minimum Gasteiger partial charge on any atom is -0.371 e. The Morgan fingerprint density at radius 3 is 2.48 bits per heavy atom. The SMILES string of the molecule is CCCCNC(=O)c1cc(N2CCC(c3ccccc3)CC2)c2ccccc2c1. The maximum atomic E-state index is 12.7. The molecule has 1 aliphatic heterocycles. The molecule has 1 fully saturated rings. The summed E-state index contributed by atoms with van der Waals surface area (Å²) in [7, 11) is 0. The molecule has 0 bridgehead atoms. The lowest BCUT2D eigenvalue weighted by Crippen LogP contribution is -2.33. The van der Waals surface area contributed by atoms with E-state index in [0.29, 0.717) is 5.92 Å². The lowest BCUT2D eigenvalue weighted by atomic mass is 9.89. The standard InChI is InChI=1S/C26H30N2O/c1-2-3-15-27-26(29)23-18-22-11-7-8-12-24(22)25(19-23)28-16-13-21(14-17-28)20-9-5-4-6-10-20/h4-12,18-19,21H,2-3,13-17H2,1H3,(H,27,29). The summed E-state index contributed by atoms with van der Waals surface area (Å²) in [5, 5.41) is 5.43. The van der Waals surface area contributed by atoms with Crippen LogP contribution in [-0.4, -0.2) is 25.5 Å². The number of nitrogens with zero attached hydrogens (tertiary/aromatic N) is 1. The Hall–Kier alpha value is -2.81. The van der Waals surface area contributed by atoms with E-state index in [1.807, 2.05) is 12.1 Å². The van der Waals surface area contributed by atoms with Crippen molar-refractivity contribution in [2.45, 2.75) is 38.5 Å². The number of carbonyl (C=O) groups excluding carboxylic acids is 1. The molecule has 0 aliphatic carbocycles. The quantitative estimate of drug-likeness (QED) is 0.547. The zero-order valence-corrected chi connectivity index (χ0v) is 17.2. The first-order chi connectivity index (χ1) is 14.3. The normalized spacial score (nSPS) is 14.9. The number of anilines is 1. The van der Waals surface area contributed by atoms with Crippen molar-refractivity contribution in [1.82, 2.24) is 5.32 Å². The summed E-state index contributed by atoms with van der Waals surface area (Å²) in [4.78, 5) is 15.2. The average molecular weight is 387 g/mol. The van der Waals surface area contributed by atoms with E-state index < -0.39 is 0 Å². The van der Waals surface area contributed by atoms with Gasteiger partial charge in [0.15, 0.2) is 0 Å². The van der Waals surface area contributed by atoms with Crippen LogP contribution >= 0.6 is 0 Å². The van der Waals surface area contributed by atoms with Crippen LogP contribution < -0.4 is 10.2 Å². The molecule has 1 N–H and O–H groups in total. The van der Waals surface area contributed by atoms with Crippen LogP contribution in [0.15, 0.2) is 66.7 Å². The topological polar surface area (TPSA) is 32.3 Å². The van der Waals surface area contributed by atoms with Gasteiger partial charge in [0.2, 0.25) is 0 Å². The minimum absolute atomic E-state index is 0.0321. The second kappa shape index (κ2) is 9.13. The van der Waals surface area contributed by atoms with Gasteiger partial charge in [0.25, 0.3) is 5.91 Å². The number of hydrogen-bond donors (Lipinski definition) is 1. The summed E-state index contributed by atoms with van der Waals surface area (Å²) < 4.78 is 0. The maximum Gasteiger partial charge on any atom is 0.251 e. The highest BCUT2D eigenvalue weighted by atomic mass is 16.1. The van der Waals surface area contributed by atoms with Gasteiger partial charge < -0.3 is 10.2 Å². The van der Waals surface area contributed by atoms with Crippen molar-refractivity contribution >= 4 is 22.4 Å². The highest BCUT2D eigenvalue weighted by molar-refractivity contribution is 6.03. The fourth-order valence-electron chi connectivity index (χ4n) is 4.34. The first-order valence-corrected chi connectivity index (χ1v) is 10.9. The van der Waals surface area contributed by atoms with Crippen molar-refractivity contribution in [3.05, 3.63) is 77.9 Å². The first-order valence-electron chi connectivity index (χ1n) is 10.9. The molecule has 150 valence electrons. The third-order valence-electron chi connectivity index (χ3n) is 6.02. The molecule has 3 nitrogen and oxygen atoms in total. The van der Waals surface area contributed by atoms with Gasteiger partial charge in [0.05, 0.1) is 0 Å². The van der Waals surface area contributed by atoms with Crippen LogP contribution in [0, 0.1) is 0 Å². The summed E-state index contributed by atoms with van der Waals surface area (Å²) in [6.45, 7) is 4.91. The van der Waals surface area contributed by atoms with Crippen molar-refractivity contribution in [2.75, 3.05) is 24.5 Å². The van der Waals surface area contributed by atoms with E-state index in [4.69, 9.17) is 0 Å². The van der Waals surface area contributed by atoms with Crippen LogP contribution in [0.3, 0.4) is 0 Å². The van der Waals surface area contributed by atoms with Crippen molar-refractivity contribution in [1.29, 1.82) is 0 Å². The lowest BCUT2D eigenvalue weighted by molar-refractivity contribution is 0.0953. The second-order valence-electron chi connectivity index (χ2n) is 8.00. The van der Waals surface area contributed by atoms with Crippen molar-refractivity contribution in [3.63, 3.8) is 0 Å². The monoisotopic (exact) mass is 386 g/mol. The van der Waals surface area contributed by atoms with Gasteiger partial charge in [-0.2, -0.15) is 0 Å². The minimum atomic E-state index is 0.0321. The van der Waals surface area contributed by atoms with Gasteiger partial charge in [-0.25, -0.2) is 0 Å². The molecule has 4 rings (SSSR count). The predicted molar refractivity (Wildman–Crippen MR) is 122 cm³/mol. The fraction of sp³-hybridized carbons (Fsp3) is 0.346. The Morgan fingerprint density at radius 1 is 1.00 bits per heavy atom. The van der Waals surface area contributed by atoms with Crippen LogP contribution in [0.5, 0.6) is 0 Å². The first kappa shape index (κ1) is 19.5. The number of carbonyl (C=O) groups is 1. The van der Waals surface area contributed by atoms with Crippen LogP contribution in [0.2, 0.25) is 0 Å². The maximum absolute atomic E-state index is 12.7. The largest absolute Gasteiger partial charge is 0.371 e. The third-order valence-corrected chi connectivity index (χ3v) is 6.02. The molecule has 3 aromatic rings. The third kappa shape index (κ3) is 4.45. The summed E-state index contributed by atoms with van der Waals surface area (Å²) in [6.07, 6.45) is 4.38. The predicted octanol–water partition coefficient (Wildman–Crippen LogP) is 5.75. The van der Waals surface area contributed by atoms with E-state index in [0.717, 1.165) is 56.3 Å². The number of benzene rings is 3. The molecule has 0 atom stereocenters. The number of fused-ring (bicyclic) bond motifs is 1. The highest BCUT2D eigenvalue weighted by Crippen LogP contribution is 2.34. The molecule has 0 saturated carbocycles. The molecule has 3 heteroatoms. The summed E-state index contributed by atoms with van der Waals surface area (Å²) in [5.41, 5.74) is 3.40. The van der Waals surface area contributed by atoms with Crippen LogP contribution in [0.25, 0.3) is 10.8 Å². The zero-order valence-electron chi connectivity index (χ0n) is 17.2. The van der Waals surface area contributed by atoms with E-state index >= 15 is 0 Å². The number of piperidine rings is 1. The molecular formula is C26H30N2O. The van der Waals surface area contributed by atoms with E-state index in [2.05, 4.69) is 71.7 Å². The molecule has 0 radical (unpaired) electrons. The lowest BCUT2D eigenvalue weighted by Gasteiger charge is -2.34. The molecule has 0 aromatic heterocycles. The summed E-state index contributed by atoms with van der Waals surface area (Å²) in [6, 6.07) is 23.4. The molecular weight excluding hydrogens is 356 g/mol. The fourth-order valence-corrected chi connectivity index (χ4v) is 4.34. The summed E-state index contributed by atoms with van der Waals surface area (Å²) in [5.74, 6) is 0.656. The van der Waals surface area contributed by atoms with Crippen LogP contribution in [0.4, 0.5) is 5.69 Å². The Balaban J connectivity index is 1.57. The van der Waals surface area contributed by atoms with E-state index in [1.165, 1.54) is 16.6 Å². The molecule has 3 aromatic carbocycles. The van der Waals surface area contributed by atoms with Crippen molar-refractivity contribution < 1.29 is 4.79 Å². The van der Waals surface area contributed by atoms with Gasteiger partial charge in [-0.15, -0.1) is 0 Å². The van der Waals surface area contributed by atoms with Crippen molar-refractivity contribution in [3.8, 4) is 0 Å².